The first-order valence-electron chi connectivity index (χ1n) is 9.13. The zero-order chi connectivity index (χ0) is 18.2. The number of aliphatic imine (C=N–C) groups is 1. The van der Waals surface area contributed by atoms with Crippen molar-refractivity contribution in [3.8, 4) is 6.07 Å². The van der Waals surface area contributed by atoms with Crippen LogP contribution >= 0.6 is 0 Å². The van der Waals surface area contributed by atoms with Gasteiger partial charge < -0.3 is 11.1 Å². The molecule has 0 unspecified atom stereocenters. The Morgan fingerprint density at radius 2 is 1.88 bits per heavy atom. The fraction of sp³-hybridized carbons (Fsp3) is 0.500. The molecular formula is C18H24N8. The zero-order valence-corrected chi connectivity index (χ0v) is 14.8. The van der Waals surface area contributed by atoms with Crippen LogP contribution in [0, 0.1) is 11.3 Å². The molecule has 3 N–H and O–H groups in total. The van der Waals surface area contributed by atoms with Crippen molar-refractivity contribution in [1.29, 1.82) is 5.26 Å². The number of hydrogen-bond donors (Lipinski definition) is 2. The van der Waals surface area contributed by atoms with Gasteiger partial charge in [0.05, 0.1) is 23.9 Å². The Morgan fingerprint density at radius 1 is 1.19 bits per heavy atom. The Morgan fingerprint density at radius 3 is 2.50 bits per heavy atom. The molecule has 8 heteroatoms. The number of tetrazole rings is 1. The summed E-state index contributed by atoms with van der Waals surface area (Å²) in [6.45, 7) is 0.230. The number of hydrogen-bond acceptors (Lipinski definition) is 6. The van der Waals surface area contributed by atoms with Gasteiger partial charge in [0.1, 0.15) is 0 Å². The molecular weight excluding hydrogens is 328 g/mol. The van der Waals surface area contributed by atoms with Gasteiger partial charge in [-0.05, 0) is 42.3 Å². The van der Waals surface area contributed by atoms with Crippen LogP contribution in [0.4, 0.5) is 5.69 Å². The van der Waals surface area contributed by atoms with E-state index >= 15 is 0 Å². The van der Waals surface area contributed by atoms with Gasteiger partial charge in [-0.3, -0.25) is 0 Å². The van der Waals surface area contributed by atoms with Crippen LogP contribution in [0.15, 0.2) is 29.3 Å². The summed E-state index contributed by atoms with van der Waals surface area (Å²) in [7, 11) is 0. The molecule has 2 aromatic rings. The summed E-state index contributed by atoms with van der Waals surface area (Å²) in [5.41, 5.74) is 6.93. The molecule has 0 spiro atoms. The average molecular weight is 352 g/mol. The molecule has 1 aromatic heterocycles. The van der Waals surface area contributed by atoms with E-state index in [9.17, 15) is 0 Å². The smallest absolute Gasteiger partial charge is 0.245 e. The molecule has 0 amide bonds. The van der Waals surface area contributed by atoms with Crippen molar-refractivity contribution in [1.82, 2.24) is 25.5 Å². The number of aromatic nitrogens is 4. The fourth-order valence-electron chi connectivity index (χ4n) is 3.07. The molecule has 0 aliphatic heterocycles. The third kappa shape index (κ3) is 4.86. The van der Waals surface area contributed by atoms with Gasteiger partial charge in [0.25, 0.3) is 0 Å². The number of nitrogens with zero attached hydrogens (tertiary/aromatic N) is 6. The van der Waals surface area contributed by atoms with Crippen LogP contribution in [0.2, 0.25) is 0 Å². The molecule has 1 heterocycles. The van der Waals surface area contributed by atoms with Gasteiger partial charge in [0.2, 0.25) is 5.96 Å². The maximum atomic E-state index is 8.94. The maximum Gasteiger partial charge on any atom is 0.245 e. The van der Waals surface area contributed by atoms with Gasteiger partial charge in [-0.25, -0.2) is 4.99 Å². The molecule has 1 saturated carbocycles. The molecule has 0 atom stereocenters. The lowest BCUT2D eigenvalue weighted by Crippen LogP contribution is -2.40. The highest BCUT2D eigenvalue weighted by Gasteiger charge is 2.16. The Labute approximate surface area is 153 Å². The summed E-state index contributed by atoms with van der Waals surface area (Å²) in [5.74, 6) is 1.00. The van der Waals surface area contributed by atoms with Crippen LogP contribution < -0.4 is 11.1 Å². The second kappa shape index (κ2) is 9.06. The Bertz CT molecular complexity index is 763. The average Bonchev–Trinajstić information content (AvgIpc) is 3.13. The first-order valence-corrected chi connectivity index (χ1v) is 9.13. The minimum Gasteiger partial charge on any atom is -0.350 e. The van der Waals surface area contributed by atoms with Crippen molar-refractivity contribution in [2.24, 2.45) is 10.7 Å². The van der Waals surface area contributed by atoms with Crippen LogP contribution in [-0.4, -0.2) is 32.2 Å². The molecule has 1 aliphatic carbocycles. The van der Waals surface area contributed by atoms with Gasteiger partial charge in [-0.2, -0.15) is 5.26 Å². The van der Waals surface area contributed by atoms with E-state index in [4.69, 9.17) is 11.0 Å². The van der Waals surface area contributed by atoms with Crippen LogP contribution in [0.5, 0.6) is 0 Å². The number of rotatable bonds is 3. The Hall–Kier alpha value is -2.79. The number of benzene rings is 1. The number of nitriles is 1. The van der Waals surface area contributed by atoms with Crippen molar-refractivity contribution in [2.75, 3.05) is 0 Å². The lowest BCUT2D eigenvalue weighted by atomic mass is 9.97. The molecule has 8 nitrogen and oxygen atoms in total. The minimum atomic E-state index is 0.230. The molecule has 1 aliphatic rings. The summed E-state index contributed by atoms with van der Waals surface area (Å²) in [4.78, 5) is 6.06. The topological polar surface area (TPSA) is 118 Å². The van der Waals surface area contributed by atoms with E-state index in [0.717, 1.165) is 18.5 Å². The first-order chi connectivity index (χ1) is 12.8. The summed E-state index contributed by atoms with van der Waals surface area (Å²) < 4.78 is 0. The molecule has 1 aromatic carbocycles. The predicted octanol–water partition coefficient (Wildman–Crippen LogP) is 2.24. The zero-order valence-electron chi connectivity index (χ0n) is 14.8. The maximum absolute atomic E-state index is 8.94. The van der Waals surface area contributed by atoms with Gasteiger partial charge in [0, 0.05) is 6.04 Å². The van der Waals surface area contributed by atoms with E-state index in [1.807, 2.05) is 0 Å². The second-order valence-electron chi connectivity index (χ2n) is 6.48. The van der Waals surface area contributed by atoms with Crippen molar-refractivity contribution in [2.45, 2.75) is 57.5 Å². The summed E-state index contributed by atoms with van der Waals surface area (Å²) in [5, 5.41) is 24.7. The molecule has 136 valence electrons. The van der Waals surface area contributed by atoms with Crippen molar-refractivity contribution in [3.63, 3.8) is 0 Å². The van der Waals surface area contributed by atoms with E-state index in [-0.39, 0.29) is 6.54 Å². The first kappa shape index (κ1) is 18.0. The highest BCUT2D eigenvalue weighted by molar-refractivity contribution is 5.83. The van der Waals surface area contributed by atoms with E-state index in [0.29, 0.717) is 23.4 Å². The summed E-state index contributed by atoms with van der Waals surface area (Å²) >= 11 is 0. The van der Waals surface area contributed by atoms with Crippen LogP contribution in [0.3, 0.4) is 0 Å². The second-order valence-corrected chi connectivity index (χ2v) is 6.48. The third-order valence-electron chi connectivity index (χ3n) is 4.50. The lowest BCUT2D eigenvalue weighted by molar-refractivity contribution is 0.423. The van der Waals surface area contributed by atoms with Crippen molar-refractivity contribution in [3.05, 3.63) is 35.7 Å². The highest BCUT2D eigenvalue weighted by Crippen LogP contribution is 2.18. The Kier molecular flexibility index (Phi) is 6.28. The quantitative estimate of drug-likeness (QED) is 0.646. The standard InChI is InChI=1S/C18H24N8/c19-12-14-8-10-16(11-9-14)22-18(26-24-17(13-20)23-25-26)21-15-6-4-2-1-3-5-7-15/h8-11,15H,1-7,13,20H2,(H,21,22). The molecule has 1 fully saturated rings. The molecule has 26 heavy (non-hydrogen) atoms. The summed E-state index contributed by atoms with van der Waals surface area (Å²) in [6.07, 6.45) is 8.50. The largest absolute Gasteiger partial charge is 0.350 e. The van der Waals surface area contributed by atoms with E-state index < -0.39 is 0 Å². The normalized spacial score (nSPS) is 16.5. The molecule has 0 saturated heterocycles. The van der Waals surface area contributed by atoms with Gasteiger partial charge in [0.15, 0.2) is 5.82 Å². The number of nitrogens with one attached hydrogen (secondary N) is 1. The minimum absolute atomic E-state index is 0.230. The van der Waals surface area contributed by atoms with E-state index in [1.165, 1.54) is 36.9 Å². The predicted molar refractivity (Wildman–Crippen MR) is 98.6 cm³/mol. The van der Waals surface area contributed by atoms with Crippen molar-refractivity contribution < 1.29 is 0 Å². The Balaban J connectivity index is 1.84. The van der Waals surface area contributed by atoms with Gasteiger partial charge in [-0.1, -0.05) is 36.9 Å². The van der Waals surface area contributed by atoms with Gasteiger partial charge in [-0.15, -0.1) is 10.2 Å². The van der Waals surface area contributed by atoms with Crippen LogP contribution in [0.1, 0.15) is 56.3 Å². The molecule has 0 radical (unpaired) electrons. The molecule has 0 bridgehead atoms. The fourth-order valence-corrected chi connectivity index (χ4v) is 3.07. The lowest BCUT2D eigenvalue weighted by Gasteiger charge is -2.22. The summed E-state index contributed by atoms with van der Waals surface area (Å²) in [6, 6.07) is 9.54. The highest BCUT2D eigenvalue weighted by atomic mass is 15.6. The third-order valence-corrected chi connectivity index (χ3v) is 4.50. The van der Waals surface area contributed by atoms with Crippen molar-refractivity contribution >= 4 is 11.6 Å². The van der Waals surface area contributed by atoms with E-state index in [2.05, 4.69) is 31.8 Å². The molecule has 3 rings (SSSR count). The van der Waals surface area contributed by atoms with E-state index in [1.54, 1.807) is 24.3 Å². The monoisotopic (exact) mass is 352 g/mol. The SMILES string of the molecule is N#Cc1ccc(N=C(NC2CCCCCCC2)n2nnc(CN)n2)cc1. The number of nitrogens with two attached hydrogens (primary N) is 1. The van der Waals surface area contributed by atoms with Gasteiger partial charge >= 0.3 is 0 Å². The van der Waals surface area contributed by atoms with Crippen LogP contribution in [0.25, 0.3) is 0 Å². The van der Waals surface area contributed by atoms with Crippen LogP contribution in [-0.2, 0) is 6.54 Å².